The average Bonchev–Trinajstić information content (AvgIpc) is 2.49. The smallest absolute Gasteiger partial charge is 0.207 e. The van der Waals surface area contributed by atoms with Gasteiger partial charge in [0.2, 0.25) is 10.0 Å². The molecule has 118 valence electrons. The Morgan fingerprint density at radius 2 is 2.05 bits per heavy atom. The van der Waals surface area contributed by atoms with Gasteiger partial charge < -0.3 is 0 Å². The third kappa shape index (κ3) is 3.27. The minimum Gasteiger partial charge on any atom is -0.207 e. The van der Waals surface area contributed by atoms with Crippen LogP contribution in [0.1, 0.15) is 44.7 Å². The zero-order chi connectivity index (χ0) is 15.6. The molecule has 0 spiro atoms. The molecule has 1 heterocycles. The van der Waals surface area contributed by atoms with Gasteiger partial charge in [-0.1, -0.05) is 26.0 Å². The van der Waals surface area contributed by atoms with Gasteiger partial charge in [0.1, 0.15) is 0 Å². The van der Waals surface area contributed by atoms with Crippen molar-refractivity contribution in [3.8, 4) is 0 Å². The summed E-state index contributed by atoms with van der Waals surface area (Å²) in [7, 11) is -3.44. The number of alkyl halides is 1. The minimum absolute atomic E-state index is 0.0492. The number of benzene rings is 1. The van der Waals surface area contributed by atoms with Crippen LogP contribution in [-0.4, -0.2) is 25.3 Å². The number of hydrogen-bond acceptors (Lipinski definition) is 2. The summed E-state index contributed by atoms with van der Waals surface area (Å²) in [6, 6.07) is 5.59. The molecule has 1 saturated heterocycles. The Bertz CT molecular complexity index is 600. The first kappa shape index (κ1) is 16.8. The van der Waals surface area contributed by atoms with Crippen LogP contribution in [0.4, 0.5) is 0 Å². The largest absolute Gasteiger partial charge is 0.243 e. The zero-order valence-corrected chi connectivity index (χ0v) is 14.5. The van der Waals surface area contributed by atoms with Crippen molar-refractivity contribution in [3.63, 3.8) is 0 Å². The topological polar surface area (TPSA) is 37.4 Å². The summed E-state index contributed by atoms with van der Waals surface area (Å²) in [6.45, 7) is 6.74. The van der Waals surface area contributed by atoms with E-state index in [0.717, 1.165) is 24.0 Å². The number of piperidine rings is 1. The molecule has 2 rings (SSSR count). The van der Waals surface area contributed by atoms with Crippen molar-refractivity contribution in [3.05, 3.63) is 29.3 Å². The third-order valence-electron chi connectivity index (χ3n) is 4.57. The summed E-state index contributed by atoms with van der Waals surface area (Å²) in [6.07, 6.45) is 2.73. The highest BCUT2D eigenvalue weighted by Gasteiger charge is 2.35. The first-order chi connectivity index (χ1) is 9.91. The Labute approximate surface area is 133 Å². The fourth-order valence-corrected chi connectivity index (χ4v) is 5.26. The van der Waals surface area contributed by atoms with Crippen molar-refractivity contribution in [2.45, 2.75) is 56.9 Å². The van der Waals surface area contributed by atoms with Crippen molar-refractivity contribution >= 4 is 21.6 Å². The van der Waals surface area contributed by atoms with E-state index in [9.17, 15) is 8.42 Å². The van der Waals surface area contributed by atoms with Crippen LogP contribution in [0, 0.1) is 5.92 Å². The Balaban J connectivity index is 2.47. The minimum atomic E-state index is -3.44. The van der Waals surface area contributed by atoms with E-state index in [1.807, 2.05) is 26.0 Å². The van der Waals surface area contributed by atoms with Crippen LogP contribution in [0.2, 0.25) is 0 Å². The Morgan fingerprint density at radius 1 is 1.33 bits per heavy atom. The van der Waals surface area contributed by atoms with Crippen LogP contribution in [0.5, 0.6) is 0 Å². The van der Waals surface area contributed by atoms with Gasteiger partial charge in [-0.3, -0.25) is 0 Å². The molecule has 0 amide bonds. The molecule has 0 aliphatic carbocycles. The molecule has 21 heavy (non-hydrogen) atoms. The standard InChI is InChI=1S/C16H24ClNO2S/c1-4-15-8-7-14(11-17)10-16(15)21(19,20)18-9-5-6-12(2)13(18)3/h7-8,10,12-13H,4-6,9,11H2,1-3H3. The van der Waals surface area contributed by atoms with Gasteiger partial charge in [0, 0.05) is 18.5 Å². The molecule has 1 aromatic carbocycles. The summed E-state index contributed by atoms with van der Waals surface area (Å²) < 4.78 is 27.8. The van der Waals surface area contributed by atoms with E-state index in [2.05, 4.69) is 6.92 Å². The predicted molar refractivity (Wildman–Crippen MR) is 87.1 cm³/mol. The van der Waals surface area contributed by atoms with Gasteiger partial charge in [0.25, 0.3) is 0 Å². The van der Waals surface area contributed by atoms with E-state index in [1.165, 1.54) is 0 Å². The van der Waals surface area contributed by atoms with Crippen LogP contribution in [-0.2, 0) is 22.3 Å². The third-order valence-corrected chi connectivity index (χ3v) is 6.95. The molecule has 0 aromatic heterocycles. The Morgan fingerprint density at radius 3 is 2.67 bits per heavy atom. The first-order valence-electron chi connectivity index (χ1n) is 7.61. The fourth-order valence-electron chi connectivity index (χ4n) is 2.98. The lowest BCUT2D eigenvalue weighted by molar-refractivity contribution is 0.202. The summed E-state index contributed by atoms with van der Waals surface area (Å²) in [4.78, 5) is 0.434. The summed E-state index contributed by atoms with van der Waals surface area (Å²) in [5.74, 6) is 0.730. The molecule has 5 heteroatoms. The summed E-state index contributed by atoms with van der Waals surface area (Å²) >= 11 is 5.87. The number of sulfonamides is 1. The maximum absolute atomic E-state index is 13.1. The van der Waals surface area contributed by atoms with Crippen molar-refractivity contribution in [1.29, 1.82) is 0 Å². The van der Waals surface area contributed by atoms with Gasteiger partial charge in [0.05, 0.1) is 4.90 Å². The number of rotatable bonds is 4. The van der Waals surface area contributed by atoms with Crippen LogP contribution < -0.4 is 0 Å². The lowest BCUT2D eigenvalue weighted by atomic mass is 9.94. The molecule has 0 radical (unpaired) electrons. The highest BCUT2D eigenvalue weighted by atomic mass is 35.5. The van der Waals surface area contributed by atoms with Crippen LogP contribution in [0.25, 0.3) is 0 Å². The van der Waals surface area contributed by atoms with Crippen molar-refractivity contribution in [1.82, 2.24) is 4.31 Å². The second kappa shape index (κ2) is 6.67. The molecule has 2 unspecified atom stereocenters. The van der Waals surface area contributed by atoms with Crippen LogP contribution in [0.3, 0.4) is 0 Å². The molecule has 0 saturated carbocycles. The lowest BCUT2D eigenvalue weighted by Crippen LogP contribution is -2.46. The quantitative estimate of drug-likeness (QED) is 0.788. The van der Waals surface area contributed by atoms with E-state index < -0.39 is 10.0 Å². The highest BCUT2D eigenvalue weighted by molar-refractivity contribution is 7.89. The van der Waals surface area contributed by atoms with E-state index >= 15 is 0 Å². The van der Waals surface area contributed by atoms with Crippen molar-refractivity contribution in [2.24, 2.45) is 5.92 Å². The monoisotopic (exact) mass is 329 g/mol. The fraction of sp³-hybridized carbons (Fsp3) is 0.625. The highest BCUT2D eigenvalue weighted by Crippen LogP contribution is 2.31. The molecule has 3 nitrogen and oxygen atoms in total. The lowest BCUT2D eigenvalue weighted by Gasteiger charge is -2.37. The molecule has 1 aliphatic heterocycles. The zero-order valence-electron chi connectivity index (χ0n) is 13.0. The molecule has 2 atom stereocenters. The number of hydrogen-bond donors (Lipinski definition) is 0. The summed E-state index contributed by atoms with van der Waals surface area (Å²) in [5, 5.41) is 0. The molecule has 1 fully saturated rings. The molecule has 1 aliphatic rings. The van der Waals surface area contributed by atoms with E-state index in [1.54, 1.807) is 10.4 Å². The van der Waals surface area contributed by atoms with Gasteiger partial charge >= 0.3 is 0 Å². The molecule has 0 N–H and O–H groups in total. The number of nitrogens with zero attached hydrogens (tertiary/aromatic N) is 1. The van der Waals surface area contributed by atoms with Gasteiger partial charge in [-0.15, -0.1) is 11.6 Å². The van der Waals surface area contributed by atoms with Gasteiger partial charge in [0.15, 0.2) is 0 Å². The summed E-state index contributed by atoms with van der Waals surface area (Å²) in [5.41, 5.74) is 1.72. The first-order valence-corrected chi connectivity index (χ1v) is 9.58. The number of halogens is 1. The van der Waals surface area contributed by atoms with Crippen molar-refractivity contribution < 1.29 is 8.42 Å². The average molecular weight is 330 g/mol. The van der Waals surface area contributed by atoms with E-state index in [4.69, 9.17) is 11.6 Å². The molecular weight excluding hydrogens is 306 g/mol. The maximum Gasteiger partial charge on any atom is 0.243 e. The second-order valence-electron chi connectivity index (χ2n) is 5.91. The predicted octanol–water partition coefficient (Wildman–Crippen LogP) is 3.80. The maximum atomic E-state index is 13.1. The van der Waals surface area contributed by atoms with Crippen LogP contribution in [0.15, 0.2) is 23.1 Å². The SMILES string of the molecule is CCc1ccc(CCl)cc1S(=O)(=O)N1CCCC(C)C1C. The van der Waals surface area contributed by atoms with Gasteiger partial charge in [-0.2, -0.15) is 4.31 Å². The van der Waals surface area contributed by atoms with Crippen molar-refractivity contribution in [2.75, 3.05) is 6.54 Å². The molecule has 1 aromatic rings. The van der Waals surface area contributed by atoms with Gasteiger partial charge in [-0.25, -0.2) is 8.42 Å². The second-order valence-corrected chi connectivity index (χ2v) is 8.03. The Hall–Kier alpha value is -0.580. The van der Waals surface area contributed by atoms with E-state index in [0.29, 0.717) is 29.7 Å². The Kier molecular flexibility index (Phi) is 5.33. The normalized spacial score (nSPS) is 24.2. The molecular formula is C16H24ClNO2S. The van der Waals surface area contributed by atoms with Crippen LogP contribution >= 0.6 is 11.6 Å². The number of aryl methyl sites for hydroxylation is 1. The van der Waals surface area contributed by atoms with E-state index in [-0.39, 0.29) is 6.04 Å². The van der Waals surface area contributed by atoms with Gasteiger partial charge in [-0.05, 0) is 49.3 Å². The molecule has 0 bridgehead atoms.